The quantitative estimate of drug-likeness (QED) is 0.345. The third-order valence-electron chi connectivity index (χ3n) is 6.86. The van der Waals surface area contributed by atoms with E-state index in [9.17, 15) is 26.4 Å². The van der Waals surface area contributed by atoms with E-state index >= 15 is 0 Å². The predicted octanol–water partition coefficient (Wildman–Crippen LogP) is 4.49. The Morgan fingerprint density at radius 1 is 1.07 bits per heavy atom. The number of halogens is 3. The second-order valence-electron chi connectivity index (χ2n) is 10.3. The molecular weight excluding hydrogens is 571 g/mol. The van der Waals surface area contributed by atoms with Crippen molar-refractivity contribution in [3.05, 3.63) is 77.6 Å². The standard InChI is InChI=1S/C29H28F3N5O4S/c1-17-7-8-19(11-25(17)42(3,39)40)28(38)34-14-21-12-24-20(13-33-21)9-10-23(35-24)22-5-4-6-27(36-22)37-15-18(2)41-26(16-37)29(30,31)32/h4-13,18,26H,14-16H2,1-3H3,(H,34,38)/t18-,26-/m1/s1. The Morgan fingerprint density at radius 2 is 1.83 bits per heavy atom. The number of alkyl halides is 3. The van der Waals surface area contributed by atoms with Crippen LogP contribution >= 0.6 is 0 Å². The average molecular weight is 600 g/mol. The van der Waals surface area contributed by atoms with Gasteiger partial charge in [-0.05, 0) is 61.9 Å². The second-order valence-corrected chi connectivity index (χ2v) is 12.2. The SMILES string of the molecule is Cc1ccc(C(=O)NCc2cc3nc(-c4cccc(N5C[C@@H](C)O[C@@H](C(F)(F)F)C5)n4)ccc3cn2)cc1S(C)(=O)=O. The molecule has 1 aromatic carbocycles. The molecule has 1 amide bonds. The zero-order valence-electron chi connectivity index (χ0n) is 23.0. The molecule has 0 saturated carbocycles. The summed E-state index contributed by atoms with van der Waals surface area (Å²) in [4.78, 5) is 28.1. The molecule has 0 spiro atoms. The molecule has 4 heterocycles. The lowest BCUT2D eigenvalue weighted by molar-refractivity contribution is -0.233. The van der Waals surface area contributed by atoms with Crippen molar-refractivity contribution in [2.24, 2.45) is 0 Å². The molecule has 4 aromatic rings. The monoisotopic (exact) mass is 599 g/mol. The van der Waals surface area contributed by atoms with E-state index in [0.29, 0.717) is 34.0 Å². The minimum Gasteiger partial charge on any atom is -0.362 e. The van der Waals surface area contributed by atoms with Crippen molar-refractivity contribution in [2.45, 2.75) is 43.7 Å². The minimum atomic E-state index is -4.48. The van der Waals surface area contributed by atoms with Gasteiger partial charge in [0.05, 0.1) is 46.7 Å². The Morgan fingerprint density at radius 3 is 2.57 bits per heavy atom. The van der Waals surface area contributed by atoms with Crippen molar-refractivity contribution >= 4 is 32.5 Å². The number of hydrogen-bond donors (Lipinski definition) is 1. The largest absolute Gasteiger partial charge is 0.416 e. The van der Waals surface area contributed by atoms with Crippen molar-refractivity contribution in [3.8, 4) is 11.4 Å². The van der Waals surface area contributed by atoms with E-state index in [1.807, 2.05) is 6.07 Å². The van der Waals surface area contributed by atoms with Crippen LogP contribution in [-0.2, 0) is 21.1 Å². The van der Waals surface area contributed by atoms with E-state index < -0.39 is 34.1 Å². The number of amides is 1. The molecule has 1 aliphatic rings. The molecule has 5 rings (SSSR count). The summed E-state index contributed by atoms with van der Waals surface area (Å²) in [5, 5.41) is 3.50. The zero-order chi connectivity index (χ0) is 30.2. The van der Waals surface area contributed by atoms with E-state index in [0.717, 1.165) is 11.6 Å². The number of carbonyl (C=O) groups excluding carboxylic acids is 1. The maximum atomic E-state index is 13.4. The first-order chi connectivity index (χ1) is 19.8. The first-order valence-electron chi connectivity index (χ1n) is 13.1. The zero-order valence-corrected chi connectivity index (χ0v) is 23.8. The second kappa shape index (κ2) is 11.3. The van der Waals surface area contributed by atoms with Crippen LogP contribution in [-0.4, -0.2) is 67.0 Å². The predicted molar refractivity (Wildman–Crippen MR) is 151 cm³/mol. The summed E-state index contributed by atoms with van der Waals surface area (Å²) in [6, 6.07) is 14.9. The third kappa shape index (κ3) is 6.52. The lowest BCUT2D eigenvalue weighted by Crippen LogP contribution is -2.52. The third-order valence-corrected chi connectivity index (χ3v) is 8.10. The number of benzene rings is 1. The first kappa shape index (κ1) is 29.4. The number of carbonyl (C=O) groups is 1. The Bertz CT molecular complexity index is 1760. The van der Waals surface area contributed by atoms with Gasteiger partial charge >= 0.3 is 6.18 Å². The average Bonchev–Trinajstić information content (AvgIpc) is 2.94. The summed E-state index contributed by atoms with van der Waals surface area (Å²) in [5.74, 6) is -0.0539. The molecule has 220 valence electrons. The van der Waals surface area contributed by atoms with Gasteiger partial charge in [0.1, 0.15) is 5.82 Å². The molecule has 13 heteroatoms. The summed E-state index contributed by atoms with van der Waals surface area (Å²) in [5.41, 5.74) is 2.89. The number of morpholine rings is 1. The van der Waals surface area contributed by atoms with Gasteiger partial charge in [-0.2, -0.15) is 13.2 Å². The van der Waals surface area contributed by atoms with Gasteiger partial charge < -0.3 is 15.0 Å². The van der Waals surface area contributed by atoms with Gasteiger partial charge in [-0.1, -0.05) is 12.1 Å². The molecule has 42 heavy (non-hydrogen) atoms. The van der Waals surface area contributed by atoms with Gasteiger partial charge in [0.2, 0.25) is 0 Å². The molecule has 2 atom stereocenters. The van der Waals surface area contributed by atoms with Crippen LogP contribution in [0.4, 0.5) is 19.0 Å². The van der Waals surface area contributed by atoms with Gasteiger partial charge in [-0.15, -0.1) is 0 Å². The van der Waals surface area contributed by atoms with E-state index in [4.69, 9.17) is 9.72 Å². The van der Waals surface area contributed by atoms with Crippen LogP contribution in [0.3, 0.4) is 0 Å². The molecule has 3 aromatic heterocycles. The van der Waals surface area contributed by atoms with Crippen LogP contribution < -0.4 is 10.2 Å². The molecule has 0 unspecified atom stereocenters. The van der Waals surface area contributed by atoms with Crippen LogP contribution in [0.2, 0.25) is 0 Å². The highest BCUT2D eigenvalue weighted by Gasteiger charge is 2.45. The smallest absolute Gasteiger partial charge is 0.362 e. The van der Waals surface area contributed by atoms with Crippen LogP contribution in [0, 0.1) is 6.92 Å². The number of rotatable bonds is 6. The summed E-state index contributed by atoms with van der Waals surface area (Å²) in [6.07, 6.45) is -4.28. The summed E-state index contributed by atoms with van der Waals surface area (Å²) in [7, 11) is -3.49. The molecule has 0 aliphatic carbocycles. The lowest BCUT2D eigenvalue weighted by Gasteiger charge is -2.38. The fourth-order valence-corrected chi connectivity index (χ4v) is 5.77. The Hall–Kier alpha value is -4.10. The van der Waals surface area contributed by atoms with E-state index in [1.54, 1.807) is 67.4 Å². The molecule has 1 fully saturated rings. The first-order valence-corrected chi connectivity index (χ1v) is 15.0. The lowest BCUT2D eigenvalue weighted by atomic mass is 10.1. The van der Waals surface area contributed by atoms with E-state index in [1.165, 1.54) is 6.07 Å². The van der Waals surface area contributed by atoms with Gasteiger partial charge in [-0.25, -0.2) is 18.4 Å². The highest BCUT2D eigenvalue weighted by atomic mass is 32.2. The maximum Gasteiger partial charge on any atom is 0.416 e. The number of nitrogens with one attached hydrogen (secondary N) is 1. The molecule has 0 bridgehead atoms. The Labute approximate surface area is 240 Å². The number of pyridine rings is 3. The number of aryl methyl sites for hydroxylation is 1. The van der Waals surface area contributed by atoms with E-state index in [-0.39, 0.29) is 30.1 Å². The fraction of sp³-hybridized carbons (Fsp3) is 0.310. The van der Waals surface area contributed by atoms with Crippen molar-refractivity contribution in [1.29, 1.82) is 0 Å². The summed E-state index contributed by atoms with van der Waals surface area (Å²) < 4.78 is 69.2. The topological polar surface area (TPSA) is 114 Å². The molecule has 0 radical (unpaired) electrons. The molecular formula is C29H28F3N5O4S. The number of nitrogens with zero attached hydrogens (tertiary/aromatic N) is 4. The molecule has 1 N–H and O–H groups in total. The maximum absolute atomic E-state index is 13.4. The van der Waals surface area contributed by atoms with Gasteiger partial charge in [0, 0.05) is 29.9 Å². The number of aromatic nitrogens is 3. The summed E-state index contributed by atoms with van der Waals surface area (Å²) >= 11 is 0. The van der Waals surface area contributed by atoms with E-state index in [2.05, 4.69) is 15.3 Å². The van der Waals surface area contributed by atoms with Crippen LogP contribution in [0.15, 0.2) is 65.7 Å². The minimum absolute atomic E-state index is 0.0755. The van der Waals surface area contributed by atoms with Crippen molar-refractivity contribution in [1.82, 2.24) is 20.3 Å². The highest BCUT2D eigenvalue weighted by Crippen LogP contribution is 2.30. The number of sulfone groups is 1. The van der Waals surface area contributed by atoms with Gasteiger partial charge in [-0.3, -0.25) is 9.78 Å². The van der Waals surface area contributed by atoms with Gasteiger partial charge in [0.25, 0.3) is 5.91 Å². The number of ether oxygens (including phenoxy) is 1. The van der Waals surface area contributed by atoms with Crippen LogP contribution in [0.1, 0.15) is 28.5 Å². The van der Waals surface area contributed by atoms with Gasteiger partial charge in [0.15, 0.2) is 15.9 Å². The highest BCUT2D eigenvalue weighted by molar-refractivity contribution is 7.90. The van der Waals surface area contributed by atoms with Crippen molar-refractivity contribution in [3.63, 3.8) is 0 Å². The number of anilines is 1. The Balaban J connectivity index is 1.34. The molecule has 1 saturated heterocycles. The van der Waals surface area contributed by atoms with Crippen molar-refractivity contribution in [2.75, 3.05) is 24.2 Å². The normalized spacial score (nSPS) is 17.8. The Kier molecular flexibility index (Phi) is 7.90. The summed E-state index contributed by atoms with van der Waals surface area (Å²) in [6.45, 7) is 3.26. The van der Waals surface area contributed by atoms with Crippen molar-refractivity contribution < 1.29 is 31.1 Å². The molecule has 1 aliphatic heterocycles. The number of hydrogen-bond acceptors (Lipinski definition) is 8. The number of fused-ring (bicyclic) bond motifs is 1. The molecule has 9 nitrogen and oxygen atoms in total. The van der Waals surface area contributed by atoms with Crippen LogP contribution in [0.25, 0.3) is 22.3 Å². The van der Waals surface area contributed by atoms with Crippen LogP contribution in [0.5, 0.6) is 0 Å². The fourth-order valence-electron chi connectivity index (χ4n) is 4.77.